The number of Topliss-reactive ketones (excluding diaryl/α,β-unsaturated/α-hetero) is 1. The summed E-state index contributed by atoms with van der Waals surface area (Å²) in [6.07, 6.45) is -1.98. The van der Waals surface area contributed by atoms with E-state index < -0.39 is 49.6 Å². The monoisotopic (exact) mass is 700 g/mol. The standard InChI is InChI=1S/C31H27F5O7P2S/c1-46-27-16-10-23(11-17-27)30(28(37)22-6-12-25(32)13-7-22,18-20-2-8-24(9-3-20)31(35,36)45(40,41)42)19-21-4-14-26(15-5-21)43-44(38,39)29(33)34/h2-17,29H,18-19H2,1H3,(H,38,39)(H2,40,41,42). The van der Waals surface area contributed by atoms with E-state index in [1.165, 1.54) is 60.3 Å². The molecule has 0 aromatic heterocycles. The molecular formula is C31H27F5O7P2S. The molecule has 0 aliphatic rings. The van der Waals surface area contributed by atoms with Crippen molar-refractivity contribution in [2.75, 3.05) is 6.26 Å². The van der Waals surface area contributed by atoms with Crippen LogP contribution in [0, 0.1) is 5.82 Å². The van der Waals surface area contributed by atoms with Gasteiger partial charge in [-0.05, 0) is 84.3 Å². The average molecular weight is 701 g/mol. The minimum absolute atomic E-state index is 0.0753. The van der Waals surface area contributed by atoms with Crippen molar-refractivity contribution in [3.05, 3.63) is 131 Å². The van der Waals surface area contributed by atoms with Crippen LogP contribution in [0.15, 0.2) is 102 Å². The summed E-state index contributed by atoms with van der Waals surface area (Å²) in [6, 6.07) is 21.1. The second kappa shape index (κ2) is 13.8. The van der Waals surface area contributed by atoms with Crippen LogP contribution in [0.1, 0.15) is 32.6 Å². The normalized spacial score (nSPS) is 14.8. The number of carbonyl (C=O) groups excluding carboxylic acids is 1. The summed E-state index contributed by atoms with van der Waals surface area (Å²) in [5, 5.41) is 0. The highest BCUT2D eigenvalue weighted by Gasteiger charge is 2.50. The number of thioether (sulfide) groups is 1. The van der Waals surface area contributed by atoms with Gasteiger partial charge in [-0.1, -0.05) is 48.5 Å². The first-order valence-corrected chi connectivity index (χ1v) is 17.8. The zero-order valence-corrected chi connectivity index (χ0v) is 26.5. The second-order valence-corrected chi connectivity index (χ2v) is 14.6. The molecule has 0 saturated heterocycles. The molecule has 2 unspecified atom stereocenters. The molecule has 0 fully saturated rings. The molecule has 4 aromatic carbocycles. The third kappa shape index (κ3) is 7.79. The van der Waals surface area contributed by atoms with E-state index in [9.17, 15) is 40.8 Å². The van der Waals surface area contributed by atoms with E-state index in [1.807, 2.05) is 6.26 Å². The van der Waals surface area contributed by atoms with Crippen molar-refractivity contribution in [3.63, 3.8) is 0 Å². The van der Waals surface area contributed by atoms with Crippen LogP contribution < -0.4 is 4.52 Å². The summed E-state index contributed by atoms with van der Waals surface area (Å²) >= 11 is 1.44. The predicted molar refractivity (Wildman–Crippen MR) is 163 cm³/mol. The van der Waals surface area contributed by atoms with Crippen molar-refractivity contribution in [2.24, 2.45) is 0 Å². The number of hydrogen-bond acceptors (Lipinski definition) is 5. The Morgan fingerprint density at radius 3 is 1.72 bits per heavy atom. The van der Waals surface area contributed by atoms with Crippen LogP contribution in [0.4, 0.5) is 22.0 Å². The molecule has 0 heterocycles. The quantitative estimate of drug-likeness (QED) is 0.0553. The van der Waals surface area contributed by atoms with Crippen LogP contribution in [-0.2, 0) is 33.1 Å². The molecule has 0 bridgehead atoms. The third-order valence-electron chi connectivity index (χ3n) is 7.27. The molecule has 0 spiro atoms. The van der Waals surface area contributed by atoms with Crippen LogP contribution in [0.25, 0.3) is 0 Å². The van der Waals surface area contributed by atoms with Crippen molar-refractivity contribution in [3.8, 4) is 5.75 Å². The Morgan fingerprint density at radius 2 is 1.26 bits per heavy atom. The molecule has 0 radical (unpaired) electrons. The Labute approximate surface area is 265 Å². The molecule has 46 heavy (non-hydrogen) atoms. The van der Waals surface area contributed by atoms with Gasteiger partial charge in [0.15, 0.2) is 5.78 Å². The number of ketones is 1. The lowest BCUT2D eigenvalue weighted by atomic mass is 9.67. The van der Waals surface area contributed by atoms with Crippen molar-refractivity contribution < 1.29 is 55.1 Å². The fourth-order valence-electron chi connectivity index (χ4n) is 4.89. The smallest absolute Gasteiger partial charge is 0.421 e. The number of alkyl halides is 4. The molecule has 4 rings (SSSR count). The van der Waals surface area contributed by atoms with Crippen LogP contribution >= 0.6 is 27.0 Å². The highest BCUT2D eigenvalue weighted by molar-refractivity contribution is 7.98. The Balaban J connectivity index is 1.85. The summed E-state index contributed by atoms with van der Waals surface area (Å²) in [5.74, 6) is -1.39. The van der Waals surface area contributed by atoms with Crippen molar-refractivity contribution in [1.82, 2.24) is 0 Å². The van der Waals surface area contributed by atoms with E-state index in [4.69, 9.17) is 9.79 Å². The van der Waals surface area contributed by atoms with Gasteiger partial charge in [0, 0.05) is 16.0 Å². The first kappa shape index (κ1) is 35.5. The number of halogens is 5. The average Bonchev–Trinajstić information content (AvgIpc) is 3.01. The van der Waals surface area contributed by atoms with Gasteiger partial charge in [-0.25, -0.2) is 8.96 Å². The molecule has 3 N–H and O–H groups in total. The van der Waals surface area contributed by atoms with Gasteiger partial charge in [0.2, 0.25) is 0 Å². The van der Waals surface area contributed by atoms with Crippen molar-refractivity contribution >= 4 is 32.7 Å². The number of carbonyl (C=O) groups is 1. The SMILES string of the molecule is CSc1ccc(C(Cc2ccc(OP(=O)(O)C(F)F)cc2)(Cc2ccc(C(F)(F)P(=O)(O)O)cc2)C(=O)c2ccc(F)cc2)cc1. The summed E-state index contributed by atoms with van der Waals surface area (Å²) in [6.45, 7) is 0. The zero-order chi connectivity index (χ0) is 33.9. The lowest BCUT2D eigenvalue weighted by Gasteiger charge is -2.34. The number of hydrogen-bond donors (Lipinski definition) is 3. The summed E-state index contributed by atoms with van der Waals surface area (Å²) in [7, 11) is -11.1. The van der Waals surface area contributed by atoms with Gasteiger partial charge in [-0.2, -0.15) is 17.6 Å². The number of rotatable bonds is 13. The molecule has 0 amide bonds. The maximum absolute atomic E-state index is 14.5. The molecule has 0 aliphatic heterocycles. The van der Waals surface area contributed by atoms with Crippen LogP contribution in [0.5, 0.6) is 5.75 Å². The second-order valence-electron chi connectivity index (χ2n) is 10.4. The Kier molecular flexibility index (Phi) is 10.7. The predicted octanol–water partition coefficient (Wildman–Crippen LogP) is 8.17. The van der Waals surface area contributed by atoms with E-state index in [2.05, 4.69) is 4.52 Å². The first-order chi connectivity index (χ1) is 21.5. The third-order valence-corrected chi connectivity index (χ3v) is 9.97. The minimum Gasteiger partial charge on any atom is -0.421 e. The Bertz CT molecular complexity index is 1770. The maximum Gasteiger partial charge on any atom is 0.442 e. The highest BCUT2D eigenvalue weighted by Crippen LogP contribution is 2.59. The lowest BCUT2D eigenvalue weighted by Crippen LogP contribution is -2.40. The first-order valence-electron chi connectivity index (χ1n) is 13.4. The number of benzene rings is 4. The Hall–Kier alpha value is -3.31. The van der Waals surface area contributed by atoms with Gasteiger partial charge >= 0.3 is 27.0 Å². The van der Waals surface area contributed by atoms with Crippen LogP contribution in [0.2, 0.25) is 0 Å². The zero-order valence-electron chi connectivity index (χ0n) is 23.9. The molecule has 15 heteroatoms. The van der Waals surface area contributed by atoms with Gasteiger partial charge < -0.3 is 19.2 Å². The summed E-state index contributed by atoms with van der Waals surface area (Å²) < 4.78 is 96.1. The fourth-order valence-corrected chi connectivity index (χ4v) is 6.29. The van der Waals surface area contributed by atoms with Crippen molar-refractivity contribution in [2.45, 2.75) is 35.0 Å². The molecule has 4 aromatic rings. The van der Waals surface area contributed by atoms with E-state index >= 15 is 0 Å². The van der Waals surface area contributed by atoms with E-state index in [-0.39, 0.29) is 24.2 Å². The maximum atomic E-state index is 14.5. The van der Waals surface area contributed by atoms with Crippen LogP contribution in [0.3, 0.4) is 0 Å². The molecule has 0 aliphatic carbocycles. The molecule has 2 atom stereocenters. The van der Waals surface area contributed by atoms with Gasteiger partial charge in [0.1, 0.15) is 11.6 Å². The van der Waals surface area contributed by atoms with E-state index in [1.54, 1.807) is 24.3 Å². The van der Waals surface area contributed by atoms with E-state index in [0.29, 0.717) is 16.7 Å². The Morgan fingerprint density at radius 1 is 0.783 bits per heavy atom. The highest BCUT2D eigenvalue weighted by atomic mass is 32.2. The molecule has 0 saturated carbocycles. The van der Waals surface area contributed by atoms with Gasteiger partial charge in [0.25, 0.3) is 0 Å². The topological polar surface area (TPSA) is 121 Å². The lowest BCUT2D eigenvalue weighted by molar-refractivity contribution is 0.0564. The van der Waals surface area contributed by atoms with E-state index in [0.717, 1.165) is 29.2 Å². The summed E-state index contributed by atoms with van der Waals surface area (Å²) in [5.41, 5.74) is -5.48. The van der Waals surface area contributed by atoms with Gasteiger partial charge in [0.05, 0.1) is 5.41 Å². The fraction of sp³-hybridized carbons (Fsp3) is 0.194. The molecule has 244 valence electrons. The van der Waals surface area contributed by atoms with Gasteiger partial charge in [-0.15, -0.1) is 11.8 Å². The minimum atomic E-state index is -5.84. The van der Waals surface area contributed by atoms with Crippen molar-refractivity contribution in [1.29, 1.82) is 0 Å². The van der Waals surface area contributed by atoms with Gasteiger partial charge in [-0.3, -0.25) is 9.36 Å². The molecule has 7 nitrogen and oxygen atoms in total. The molecular weight excluding hydrogens is 673 g/mol. The summed E-state index contributed by atoms with van der Waals surface area (Å²) in [4.78, 5) is 43.1. The largest absolute Gasteiger partial charge is 0.442 e. The van der Waals surface area contributed by atoms with Crippen LogP contribution in [-0.4, -0.2) is 32.9 Å².